The minimum absolute atomic E-state index is 0.0299. The number of carbonyl (C=O) groups excluding carboxylic acids is 3. The number of likely N-dealkylation sites (tertiary alicyclic amines) is 1. The molecule has 1 unspecified atom stereocenters. The zero-order valence-electron chi connectivity index (χ0n) is 20.3. The van der Waals surface area contributed by atoms with Gasteiger partial charge < -0.3 is 20.6 Å². The molecule has 188 valence electrons. The normalized spacial score (nSPS) is 20.4. The van der Waals surface area contributed by atoms with Crippen molar-refractivity contribution in [3.05, 3.63) is 45.9 Å². The summed E-state index contributed by atoms with van der Waals surface area (Å²) in [5, 5.41) is 18.2. The van der Waals surface area contributed by atoms with Crippen molar-refractivity contribution in [3.63, 3.8) is 0 Å². The predicted molar refractivity (Wildman–Crippen MR) is 134 cm³/mol. The van der Waals surface area contributed by atoms with Crippen LogP contribution in [0.2, 0.25) is 0 Å². The van der Waals surface area contributed by atoms with Gasteiger partial charge in [0.15, 0.2) is 0 Å². The van der Waals surface area contributed by atoms with E-state index in [0.29, 0.717) is 17.8 Å². The molecular weight excluding hydrogens is 464 g/mol. The number of nitrogens with one attached hydrogen (secondary N) is 2. The number of benzene rings is 1. The third-order valence-electron chi connectivity index (χ3n) is 7.20. The number of hydrogen-bond donors (Lipinski definition) is 3. The maximum Gasteiger partial charge on any atom is 0.246 e. The van der Waals surface area contributed by atoms with Crippen LogP contribution < -0.4 is 10.6 Å². The topological polar surface area (TPSA) is 112 Å². The molecule has 2 aromatic rings. The van der Waals surface area contributed by atoms with Gasteiger partial charge >= 0.3 is 0 Å². The second-order valence-electron chi connectivity index (χ2n) is 9.53. The second kappa shape index (κ2) is 11.3. The summed E-state index contributed by atoms with van der Waals surface area (Å²) in [7, 11) is 1.73. The second-order valence-corrected chi connectivity index (χ2v) is 10.4. The first kappa shape index (κ1) is 25.3. The molecule has 1 aromatic carbocycles. The van der Waals surface area contributed by atoms with Gasteiger partial charge in [0.1, 0.15) is 22.5 Å². The van der Waals surface area contributed by atoms with Crippen LogP contribution in [0.15, 0.2) is 29.6 Å². The molecule has 35 heavy (non-hydrogen) atoms. The number of phenols is 1. The number of rotatable bonds is 8. The molecule has 2 aliphatic rings. The van der Waals surface area contributed by atoms with Gasteiger partial charge in [-0.1, -0.05) is 31.4 Å². The highest BCUT2D eigenvalue weighted by molar-refractivity contribution is 7.10. The average molecular weight is 499 g/mol. The Labute approximate surface area is 210 Å². The molecule has 9 heteroatoms. The van der Waals surface area contributed by atoms with Crippen molar-refractivity contribution >= 4 is 28.9 Å². The number of phenolic OH excluding ortho intramolecular Hbond substituents is 1. The van der Waals surface area contributed by atoms with Gasteiger partial charge in [0, 0.05) is 17.5 Å². The third-order valence-corrected chi connectivity index (χ3v) is 8.14. The molecule has 0 radical (unpaired) electrons. The summed E-state index contributed by atoms with van der Waals surface area (Å²) in [6, 6.07) is 5.09. The van der Waals surface area contributed by atoms with E-state index in [1.54, 1.807) is 31.5 Å². The number of carbonyl (C=O) groups is 3. The number of hydrogen-bond acceptors (Lipinski definition) is 7. The fraction of sp³-hybridized carbons (Fsp3) is 0.538. The Morgan fingerprint density at radius 3 is 2.63 bits per heavy atom. The molecule has 0 spiro atoms. The Kier molecular flexibility index (Phi) is 8.18. The van der Waals surface area contributed by atoms with Gasteiger partial charge in [-0.15, -0.1) is 11.3 Å². The first-order chi connectivity index (χ1) is 16.9. The molecule has 3 N–H and O–H groups in total. The maximum absolute atomic E-state index is 13.8. The summed E-state index contributed by atoms with van der Waals surface area (Å²) < 4.78 is 0. The zero-order valence-corrected chi connectivity index (χ0v) is 21.1. The summed E-state index contributed by atoms with van der Waals surface area (Å²) in [5.74, 6) is -0.313. The lowest BCUT2D eigenvalue weighted by molar-refractivity contribution is -0.139. The largest absolute Gasteiger partial charge is 0.508 e. The Bertz CT molecular complexity index is 1070. The smallest absolute Gasteiger partial charge is 0.246 e. The molecule has 2 heterocycles. The van der Waals surface area contributed by atoms with Crippen LogP contribution in [0, 0.1) is 5.92 Å². The van der Waals surface area contributed by atoms with Crippen LogP contribution in [-0.4, -0.2) is 58.3 Å². The van der Waals surface area contributed by atoms with Gasteiger partial charge in [-0.05, 0) is 57.7 Å². The number of aromatic nitrogens is 1. The third kappa shape index (κ3) is 5.73. The summed E-state index contributed by atoms with van der Waals surface area (Å²) >= 11 is 1.38. The minimum Gasteiger partial charge on any atom is -0.508 e. The van der Waals surface area contributed by atoms with Crippen LogP contribution in [0.25, 0.3) is 0 Å². The van der Waals surface area contributed by atoms with E-state index >= 15 is 0 Å². The van der Waals surface area contributed by atoms with Crippen LogP contribution in [0.5, 0.6) is 5.75 Å². The highest BCUT2D eigenvalue weighted by Gasteiger charge is 2.40. The molecule has 2 amide bonds. The van der Waals surface area contributed by atoms with Gasteiger partial charge in [-0.3, -0.25) is 14.4 Å². The van der Waals surface area contributed by atoms with Gasteiger partial charge in [0.05, 0.1) is 12.1 Å². The molecule has 1 aromatic heterocycles. The van der Waals surface area contributed by atoms with E-state index in [4.69, 9.17) is 0 Å². The minimum atomic E-state index is -0.549. The van der Waals surface area contributed by atoms with Crippen LogP contribution >= 0.6 is 11.3 Å². The van der Waals surface area contributed by atoms with Crippen LogP contribution in [-0.2, 0) is 9.59 Å². The lowest BCUT2D eigenvalue weighted by Crippen LogP contribution is -2.55. The SMILES string of the molecule is CN[C@@H](C)C(=O)N[C@H](C(=O)N1CCCC1c1nc(C(=O)c2cccc(O)c2)cs1)C1CCCCC1. The van der Waals surface area contributed by atoms with E-state index in [1.807, 2.05) is 4.90 Å². The number of likely N-dealkylation sites (N-methyl/N-ethyl adjacent to an activating group) is 1. The van der Waals surface area contributed by atoms with Gasteiger partial charge in [-0.2, -0.15) is 0 Å². The Morgan fingerprint density at radius 2 is 1.91 bits per heavy atom. The van der Waals surface area contributed by atoms with Crippen molar-refractivity contribution in [2.75, 3.05) is 13.6 Å². The Morgan fingerprint density at radius 1 is 1.14 bits per heavy atom. The summed E-state index contributed by atoms with van der Waals surface area (Å²) in [6.45, 7) is 2.40. The molecular formula is C26H34N4O4S. The fourth-order valence-corrected chi connectivity index (χ4v) is 6.01. The first-order valence-corrected chi connectivity index (χ1v) is 13.3. The molecule has 1 aliphatic carbocycles. The van der Waals surface area contributed by atoms with Crippen molar-refractivity contribution in [1.82, 2.24) is 20.5 Å². The van der Waals surface area contributed by atoms with Gasteiger partial charge in [-0.25, -0.2) is 4.98 Å². The van der Waals surface area contributed by atoms with Crippen molar-refractivity contribution in [3.8, 4) is 5.75 Å². The van der Waals surface area contributed by atoms with Crippen molar-refractivity contribution < 1.29 is 19.5 Å². The molecule has 1 saturated carbocycles. The average Bonchev–Trinajstić information content (AvgIpc) is 3.56. The van der Waals surface area contributed by atoms with E-state index in [-0.39, 0.29) is 41.3 Å². The van der Waals surface area contributed by atoms with Crippen LogP contribution in [0.3, 0.4) is 0 Å². The summed E-state index contributed by atoms with van der Waals surface area (Å²) in [5.41, 5.74) is 0.690. The monoisotopic (exact) mass is 498 g/mol. The number of ketones is 1. The Hall–Kier alpha value is -2.78. The van der Waals surface area contributed by atoms with Crippen molar-refractivity contribution in [2.45, 2.75) is 70.0 Å². The quantitative estimate of drug-likeness (QED) is 0.481. The highest BCUT2D eigenvalue weighted by atomic mass is 32.1. The van der Waals surface area contributed by atoms with Crippen molar-refractivity contribution in [1.29, 1.82) is 0 Å². The lowest BCUT2D eigenvalue weighted by Gasteiger charge is -2.35. The van der Waals surface area contributed by atoms with E-state index in [2.05, 4.69) is 15.6 Å². The number of amides is 2. The molecule has 8 nitrogen and oxygen atoms in total. The molecule has 3 atom stereocenters. The van der Waals surface area contributed by atoms with Crippen molar-refractivity contribution in [2.24, 2.45) is 5.92 Å². The molecule has 0 bridgehead atoms. The van der Waals surface area contributed by atoms with Crippen LogP contribution in [0.4, 0.5) is 0 Å². The maximum atomic E-state index is 13.8. The predicted octanol–water partition coefficient (Wildman–Crippen LogP) is 3.42. The van der Waals surface area contributed by atoms with Gasteiger partial charge in [0.2, 0.25) is 17.6 Å². The number of thiazole rings is 1. The highest BCUT2D eigenvalue weighted by Crippen LogP contribution is 2.36. The fourth-order valence-electron chi connectivity index (χ4n) is 5.06. The Balaban J connectivity index is 1.53. The van der Waals surface area contributed by atoms with E-state index in [0.717, 1.165) is 43.5 Å². The van der Waals surface area contributed by atoms with Gasteiger partial charge in [0.25, 0.3) is 0 Å². The first-order valence-electron chi connectivity index (χ1n) is 12.5. The number of aromatic hydroxyl groups is 1. The molecule has 2 fully saturated rings. The molecule has 1 saturated heterocycles. The molecule has 4 rings (SSSR count). The molecule has 1 aliphatic heterocycles. The number of nitrogens with zero attached hydrogens (tertiary/aromatic N) is 2. The van der Waals surface area contributed by atoms with E-state index in [9.17, 15) is 19.5 Å². The standard InChI is InChI=1S/C26H34N4O4S/c1-16(27-2)24(33)29-22(17-8-4-3-5-9-17)26(34)30-13-7-12-21(30)25-28-20(15-35-25)23(32)18-10-6-11-19(31)14-18/h6,10-11,14-17,21-22,27,31H,3-5,7-9,12-13H2,1-2H3,(H,29,33)/t16-,21?,22-/m0/s1. The summed E-state index contributed by atoms with van der Waals surface area (Å²) in [6.07, 6.45) is 6.80. The zero-order chi connectivity index (χ0) is 24.9. The lowest BCUT2D eigenvalue weighted by atomic mass is 9.83. The van der Waals surface area contributed by atoms with Crippen LogP contribution in [0.1, 0.15) is 79.0 Å². The summed E-state index contributed by atoms with van der Waals surface area (Å²) in [4.78, 5) is 45.9. The van der Waals surface area contributed by atoms with E-state index in [1.165, 1.54) is 29.9 Å². The van der Waals surface area contributed by atoms with E-state index < -0.39 is 6.04 Å².